The van der Waals surface area contributed by atoms with Gasteiger partial charge in [-0.1, -0.05) is 49.3 Å². The Bertz CT molecular complexity index is 611. The molecule has 2 amide bonds. The summed E-state index contributed by atoms with van der Waals surface area (Å²) in [5.41, 5.74) is 0. The molecule has 170 valence electrons. The van der Waals surface area contributed by atoms with Gasteiger partial charge in [0.15, 0.2) is 0 Å². The molecule has 30 heavy (non-hydrogen) atoms. The second-order valence-corrected chi connectivity index (χ2v) is 9.89. The molecule has 0 aromatic rings. The number of rotatable bonds is 15. The number of hydrogen-bond donors (Lipinski definition) is 4. The van der Waals surface area contributed by atoms with E-state index in [9.17, 15) is 39.0 Å². The molecule has 0 rings (SSSR count). The molecule has 0 spiro atoms. The lowest BCUT2D eigenvalue weighted by Gasteiger charge is -2.16. The molecule has 12 heteroatoms. The lowest BCUT2D eigenvalue weighted by molar-refractivity contribution is -0.144. The topological polar surface area (TPSA) is 167 Å². The maximum Gasteiger partial charge on any atom is 0.327 e. The smallest absolute Gasteiger partial charge is 0.327 e. The van der Waals surface area contributed by atoms with Crippen LogP contribution in [0.2, 0.25) is 0 Å². The number of carboxylic acid groups (broad SMARTS) is 2. The molecule has 0 bridgehead atoms. The Balaban J connectivity index is 4.61. The summed E-state index contributed by atoms with van der Waals surface area (Å²) >= 11 is 0. The molecule has 0 aliphatic rings. The minimum absolute atomic E-state index is 0.00438. The van der Waals surface area contributed by atoms with Crippen LogP contribution in [-0.4, -0.2) is 69.1 Å². The van der Waals surface area contributed by atoms with Crippen molar-refractivity contribution in [3.8, 4) is 0 Å². The van der Waals surface area contributed by atoms with Crippen LogP contribution in [0.3, 0.4) is 0 Å². The van der Waals surface area contributed by atoms with Crippen molar-refractivity contribution in [2.24, 2.45) is 11.8 Å². The van der Waals surface area contributed by atoms with Crippen molar-refractivity contribution < 1.29 is 39.0 Å². The highest BCUT2D eigenvalue weighted by molar-refractivity contribution is 8.76. The minimum atomic E-state index is -1.34. The summed E-state index contributed by atoms with van der Waals surface area (Å²) in [4.78, 5) is 69.5. The van der Waals surface area contributed by atoms with Gasteiger partial charge in [0.2, 0.25) is 11.6 Å². The monoisotopic (exact) mass is 464 g/mol. The third-order valence-corrected chi connectivity index (χ3v) is 5.88. The first-order chi connectivity index (χ1) is 13.8. The fourth-order valence-electron chi connectivity index (χ4n) is 1.99. The zero-order valence-corrected chi connectivity index (χ0v) is 18.9. The molecule has 2 atom stereocenters. The average molecular weight is 465 g/mol. The van der Waals surface area contributed by atoms with Gasteiger partial charge in [-0.2, -0.15) is 0 Å². The van der Waals surface area contributed by atoms with Crippen LogP contribution in [0.4, 0.5) is 0 Å². The van der Waals surface area contributed by atoms with Crippen LogP contribution in [-0.2, 0) is 28.8 Å². The van der Waals surface area contributed by atoms with Crippen molar-refractivity contribution in [3.05, 3.63) is 0 Å². The Hall–Kier alpha value is -2.08. The van der Waals surface area contributed by atoms with E-state index in [0.717, 1.165) is 21.6 Å². The summed E-state index contributed by atoms with van der Waals surface area (Å²) < 4.78 is 0. The zero-order valence-electron chi connectivity index (χ0n) is 17.3. The number of carbonyl (C=O) groups excluding carboxylic acids is 4. The third-order valence-electron chi connectivity index (χ3n) is 3.45. The van der Waals surface area contributed by atoms with Gasteiger partial charge in [0.25, 0.3) is 11.8 Å². The SMILES string of the molecule is CC(C)CC(=O)C(=O)NC(CSSCC(NC(=O)C(=O)CC(C)C)C(=O)O)C(=O)O. The molecular formula is C18H28N2O8S2. The zero-order chi connectivity index (χ0) is 23.4. The normalized spacial score (nSPS) is 12.9. The summed E-state index contributed by atoms with van der Waals surface area (Å²) in [5, 5.41) is 22.7. The molecule has 0 aromatic carbocycles. The summed E-state index contributed by atoms with van der Waals surface area (Å²) in [7, 11) is 1.92. The van der Waals surface area contributed by atoms with Crippen molar-refractivity contribution in [2.45, 2.75) is 52.6 Å². The van der Waals surface area contributed by atoms with Crippen molar-refractivity contribution in [1.29, 1.82) is 0 Å². The first-order valence-electron chi connectivity index (χ1n) is 9.22. The van der Waals surface area contributed by atoms with Gasteiger partial charge in [0.05, 0.1) is 0 Å². The summed E-state index contributed by atoms with van der Waals surface area (Å²) in [6.07, 6.45) is -0.00876. The van der Waals surface area contributed by atoms with Gasteiger partial charge in [0, 0.05) is 24.3 Å². The summed E-state index contributed by atoms with van der Waals surface area (Å²) in [6.45, 7) is 7.00. The molecule has 0 fully saturated rings. The van der Waals surface area contributed by atoms with E-state index in [2.05, 4.69) is 10.6 Å². The molecule has 2 unspecified atom stereocenters. The number of hydrogen-bond acceptors (Lipinski definition) is 8. The lowest BCUT2D eigenvalue weighted by Crippen LogP contribution is -2.46. The Labute approximate surface area is 182 Å². The largest absolute Gasteiger partial charge is 0.480 e. The third kappa shape index (κ3) is 11.8. The second-order valence-electron chi connectivity index (χ2n) is 7.34. The molecule has 0 aromatic heterocycles. The Morgan fingerprint density at radius 2 is 0.967 bits per heavy atom. The first-order valence-corrected chi connectivity index (χ1v) is 11.7. The highest BCUT2D eigenvalue weighted by atomic mass is 33.1. The maximum atomic E-state index is 11.8. The number of carboxylic acids is 2. The van der Waals surface area contributed by atoms with E-state index in [-0.39, 0.29) is 36.2 Å². The molecular weight excluding hydrogens is 436 g/mol. The Morgan fingerprint density at radius 3 is 1.20 bits per heavy atom. The van der Waals surface area contributed by atoms with E-state index in [0.29, 0.717) is 0 Å². The van der Waals surface area contributed by atoms with Gasteiger partial charge >= 0.3 is 11.9 Å². The molecule has 0 aliphatic heterocycles. The highest BCUT2D eigenvalue weighted by Gasteiger charge is 2.26. The Kier molecular flexibility index (Phi) is 13.0. The van der Waals surface area contributed by atoms with Gasteiger partial charge in [-0.25, -0.2) is 9.59 Å². The van der Waals surface area contributed by atoms with Crippen molar-refractivity contribution in [2.75, 3.05) is 11.5 Å². The fourth-order valence-corrected chi connectivity index (χ4v) is 4.30. The number of nitrogens with one attached hydrogen (secondary N) is 2. The minimum Gasteiger partial charge on any atom is -0.480 e. The molecule has 0 saturated heterocycles. The van der Waals surface area contributed by atoms with Gasteiger partial charge in [0.1, 0.15) is 12.1 Å². The van der Waals surface area contributed by atoms with Crippen LogP contribution in [0.15, 0.2) is 0 Å². The molecule has 0 aliphatic carbocycles. The molecule has 10 nitrogen and oxygen atoms in total. The molecule has 4 N–H and O–H groups in total. The number of carbonyl (C=O) groups is 6. The van der Waals surface area contributed by atoms with Crippen LogP contribution in [0.1, 0.15) is 40.5 Å². The van der Waals surface area contributed by atoms with Crippen molar-refractivity contribution >= 4 is 56.9 Å². The van der Waals surface area contributed by atoms with E-state index in [4.69, 9.17) is 0 Å². The molecule has 0 saturated carbocycles. The predicted molar refractivity (Wildman–Crippen MR) is 113 cm³/mol. The average Bonchev–Trinajstić information content (AvgIpc) is 2.60. The maximum absolute atomic E-state index is 11.8. The number of ketones is 2. The van der Waals surface area contributed by atoms with Crippen LogP contribution < -0.4 is 10.6 Å². The van der Waals surface area contributed by atoms with E-state index in [1.54, 1.807) is 27.7 Å². The van der Waals surface area contributed by atoms with Crippen LogP contribution in [0.5, 0.6) is 0 Å². The van der Waals surface area contributed by atoms with Gasteiger partial charge < -0.3 is 20.8 Å². The van der Waals surface area contributed by atoms with E-state index < -0.39 is 47.4 Å². The highest BCUT2D eigenvalue weighted by Crippen LogP contribution is 2.23. The molecule has 0 heterocycles. The van der Waals surface area contributed by atoms with Gasteiger partial charge in [-0.15, -0.1) is 0 Å². The van der Waals surface area contributed by atoms with Crippen molar-refractivity contribution in [3.63, 3.8) is 0 Å². The van der Waals surface area contributed by atoms with Crippen LogP contribution >= 0.6 is 21.6 Å². The second kappa shape index (κ2) is 14.0. The Morgan fingerprint density at radius 1 is 0.667 bits per heavy atom. The predicted octanol–water partition coefficient (Wildman–Crippen LogP) is 0.737. The standard InChI is InChI=1S/C18H28N2O8S2/c1-9(2)5-13(21)15(23)19-11(17(25)26)7-29-30-8-12(18(27)28)20-16(24)14(22)6-10(3)4/h9-12H,5-8H2,1-4H3,(H,19,23)(H,20,24)(H,25,26)(H,27,28). The number of aliphatic carboxylic acids is 2. The van der Waals surface area contributed by atoms with E-state index in [1.165, 1.54) is 0 Å². The lowest BCUT2D eigenvalue weighted by atomic mass is 10.1. The van der Waals surface area contributed by atoms with E-state index in [1.807, 2.05) is 0 Å². The quantitative estimate of drug-likeness (QED) is 0.154. The van der Waals surface area contributed by atoms with Crippen molar-refractivity contribution in [1.82, 2.24) is 10.6 Å². The first kappa shape index (κ1) is 27.9. The summed E-state index contributed by atoms with van der Waals surface area (Å²) in [6, 6.07) is -2.67. The number of Topliss-reactive ketones (excluding diaryl/α,β-unsaturated/α-hetero) is 2. The molecule has 0 radical (unpaired) electrons. The van der Waals surface area contributed by atoms with E-state index >= 15 is 0 Å². The number of amides is 2. The van der Waals surface area contributed by atoms with Crippen LogP contribution in [0.25, 0.3) is 0 Å². The summed E-state index contributed by atoms with van der Waals surface area (Å²) in [5.74, 6) is -6.43. The van der Waals surface area contributed by atoms with Gasteiger partial charge in [-0.05, 0) is 11.8 Å². The van der Waals surface area contributed by atoms with Gasteiger partial charge in [-0.3, -0.25) is 19.2 Å². The fraction of sp³-hybridized carbons (Fsp3) is 0.667. The van der Waals surface area contributed by atoms with Crippen LogP contribution in [0, 0.1) is 11.8 Å².